The minimum Gasteiger partial charge on any atom is -0.494 e. The number of ether oxygens (including phenoxy) is 1. The van der Waals surface area contributed by atoms with Crippen LogP contribution in [0.15, 0.2) is 40.1 Å². The second-order valence-electron chi connectivity index (χ2n) is 5.98. The van der Waals surface area contributed by atoms with E-state index < -0.39 is 0 Å². The van der Waals surface area contributed by atoms with Crippen molar-refractivity contribution in [1.29, 1.82) is 0 Å². The van der Waals surface area contributed by atoms with E-state index in [9.17, 15) is 4.79 Å². The highest BCUT2D eigenvalue weighted by Gasteiger charge is 2.18. The van der Waals surface area contributed by atoms with Crippen LogP contribution in [0.1, 0.15) is 40.8 Å². The minimum atomic E-state index is -0.0986. The van der Waals surface area contributed by atoms with Crippen molar-refractivity contribution in [2.75, 3.05) is 13.2 Å². The van der Waals surface area contributed by atoms with Gasteiger partial charge in [-0.05, 0) is 49.4 Å². The fraction of sp³-hybridized carbons (Fsp3) is 0.350. The van der Waals surface area contributed by atoms with Crippen molar-refractivity contribution in [2.45, 2.75) is 33.1 Å². The Bertz CT molecular complexity index is 836. The first kappa shape index (κ1) is 17.5. The van der Waals surface area contributed by atoms with Crippen molar-refractivity contribution in [3.63, 3.8) is 0 Å². The number of carbonyl (C=O) groups is 1. The van der Waals surface area contributed by atoms with Gasteiger partial charge in [-0.15, -0.1) is 11.3 Å². The predicted molar refractivity (Wildman–Crippen MR) is 102 cm³/mol. The molecule has 0 aliphatic heterocycles. The Morgan fingerprint density at radius 2 is 2.20 bits per heavy atom. The zero-order valence-electron chi connectivity index (χ0n) is 14.6. The summed E-state index contributed by atoms with van der Waals surface area (Å²) in [5.41, 5.74) is 1.31. The van der Waals surface area contributed by atoms with E-state index in [0.717, 1.165) is 30.4 Å². The molecule has 0 bridgehead atoms. The highest BCUT2D eigenvalue weighted by atomic mass is 32.1. The van der Waals surface area contributed by atoms with Crippen LogP contribution in [-0.4, -0.2) is 19.1 Å². The molecule has 0 aliphatic rings. The van der Waals surface area contributed by atoms with E-state index >= 15 is 0 Å². The molecule has 4 nitrogen and oxygen atoms in total. The molecule has 2 heterocycles. The number of fused-ring (bicyclic) bond motifs is 1. The number of nitrogens with one attached hydrogen (secondary N) is 1. The first-order chi connectivity index (χ1) is 12.2. The van der Waals surface area contributed by atoms with Crippen LogP contribution in [-0.2, 0) is 6.42 Å². The van der Waals surface area contributed by atoms with Crippen molar-refractivity contribution < 1.29 is 13.9 Å². The Morgan fingerprint density at radius 3 is 2.96 bits per heavy atom. The number of carbonyl (C=O) groups excluding carboxylic acids is 1. The molecule has 0 atom stereocenters. The quantitative estimate of drug-likeness (QED) is 0.580. The second-order valence-corrected chi connectivity index (χ2v) is 7.01. The second kappa shape index (κ2) is 8.21. The number of thiophene rings is 1. The van der Waals surface area contributed by atoms with Crippen LogP contribution in [0.3, 0.4) is 0 Å². The molecule has 132 valence electrons. The molecule has 2 aromatic heterocycles. The fourth-order valence-corrected chi connectivity index (χ4v) is 3.46. The molecule has 0 saturated heterocycles. The van der Waals surface area contributed by atoms with Gasteiger partial charge >= 0.3 is 0 Å². The zero-order valence-corrected chi connectivity index (χ0v) is 15.4. The molecular weight excluding hydrogens is 334 g/mol. The molecule has 3 aromatic rings. The monoisotopic (exact) mass is 357 g/mol. The maximum Gasteiger partial charge on any atom is 0.255 e. The molecule has 0 aliphatic carbocycles. The topological polar surface area (TPSA) is 51.5 Å². The Morgan fingerprint density at radius 1 is 1.32 bits per heavy atom. The first-order valence-electron chi connectivity index (χ1n) is 8.65. The van der Waals surface area contributed by atoms with E-state index in [1.54, 1.807) is 11.3 Å². The lowest BCUT2D eigenvalue weighted by molar-refractivity contribution is 0.0954. The van der Waals surface area contributed by atoms with Gasteiger partial charge in [0.25, 0.3) is 5.91 Å². The third kappa shape index (κ3) is 4.23. The number of hydrogen-bond donors (Lipinski definition) is 1. The predicted octanol–water partition coefficient (Wildman–Crippen LogP) is 4.95. The number of furan rings is 1. The van der Waals surface area contributed by atoms with Crippen LogP contribution >= 0.6 is 11.3 Å². The molecule has 1 N–H and O–H groups in total. The number of aryl methyl sites for hydroxylation is 1. The smallest absolute Gasteiger partial charge is 0.255 e. The van der Waals surface area contributed by atoms with Crippen molar-refractivity contribution in [3.05, 3.63) is 51.9 Å². The number of benzene rings is 1. The lowest BCUT2D eigenvalue weighted by atomic mass is 10.1. The van der Waals surface area contributed by atoms with Crippen LogP contribution in [0, 0.1) is 6.92 Å². The van der Waals surface area contributed by atoms with E-state index in [1.807, 2.05) is 36.6 Å². The molecule has 0 saturated carbocycles. The maximum atomic E-state index is 12.6. The van der Waals surface area contributed by atoms with Gasteiger partial charge in [0.05, 0.1) is 12.2 Å². The normalized spacial score (nSPS) is 11.0. The number of unbranched alkanes of at least 4 members (excludes halogenated alkanes) is 1. The molecule has 0 fully saturated rings. The van der Waals surface area contributed by atoms with Crippen molar-refractivity contribution >= 4 is 28.2 Å². The fourth-order valence-electron chi connectivity index (χ4n) is 2.75. The molecule has 0 radical (unpaired) electrons. The summed E-state index contributed by atoms with van der Waals surface area (Å²) < 4.78 is 11.5. The Labute approximate surface area is 151 Å². The number of amides is 1. The summed E-state index contributed by atoms with van der Waals surface area (Å²) in [4.78, 5) is 13.9. The van der Waals surface area contributed by atoms with Gasteiger partial charge in [0.1, 0.15) is 17.1 Å². The van der Waals surface area contributed by atoms with Crippen LogP contribution in [0.25, 0.3) is 11.0 Å². The minimum absolute atomic E-state index is 0.0986. The summed E-state index contributed by atoms with van der Waals surface area (Å²) in [6.07, 6.45) is 2.94. The van der Waals surface area contributed by atoms with E-state index in [0.29, 0.717) is 30.1 Å². The van der Waals surface area contributed by atoms with Crippen LogP contribution in [0.5, 0.6) is 5.75 Å². The van der Waals surface area contributed by atoms with E-state index in [-0.39, 0.29) is 5.91 Å². The van der Waals surface area contributed by atoms with Crippen LogP contribution in [0.4, 0.5) is 0 Å². The van der Waals surface area contributed by atoms with Gasteiger partial charge in [-0.1, -0.05) is 19.4 Å². The summed E-state index contributed by atoms with van der Waals surface area (Å²) in [5, 5.41) is 5.85. The van der Waals surface area contributed by atoms with Gasteiger partial charge in [-0.3, -0.25) is 4.79 Å². The van der Waals surface area contributed by atoms with Gasteiger partial charge < -0.3 is 14.5 Å². The Balaban J connectivity index is 1.73. The molecule has 25 heavy (non-hydrogen) atoms. The van der Waals surface area contributed by atoms with E-state index in [2.05, 4.69) is 18.3 Å². The van der Waals surface area contributed by atoms with E-state index in [1.165, 1.54) is 4.88 Å². The Kier molecular flexibility index (Phi) is 5.76. The number of rotatable bonds is 8. The van der Waals surface area contributed by atoms with Gasteiger partial charge in [0, 0.05) is 16.8 Å². The van der Waals surface area contributed by atoms with Gasteiger partial charge in [-0.25, -0.2) is 0 Å². The molecule has 0 unspecified atom stereocenters. The maximum absolute atomic E-state index is 12.6. The van der Waals surface area contributed by atoms with Crippen molar-refractivity contribution in [1.82, 2.24) is 5.32 Å². The molecular formula is C20H23NO3S. The van der Waals surface area contributed by atoms with Crippen LogP contribution < -0.4 is 10.1 Å². The van der Waals surface area contributed by atoms with Crippen molar-refractivity contribution in [3.8, 4) is 5.75 Å². The first-order valence-corrected chi connectivity index (χ1v) is 9.53. The van der Waals surface area contributed by atoms with Gasteiger partial charge in [0.2, 0.25) is 0 Å². The SMILES string of the molecule is CCCCOc1ccc2oc(C)c(C(=O)NCCc3cccs3)c2c1. The third-order valence-corrected chi connectivity index (χ3v) is 5.00. The molecule has 0 spiro atoms. The summed E-state index contributed by atoms with van der Waals surface area (Å²) in [6.45, 7) is 5.25. The van der Waals surface area contributed by atoms with E-state index in [4.69, 9.17) is 9.15 Å². The highest BCUT2D eigenvalue weighted by molar-refractivity contribution is 7.09. The summed E-state index contributed by atoms with van der Waals surface area (Å²) in [5.74, 6) is 1.31. The lowest BCUT2D eigenvalue weighted by Crippen LogP contribution is -2.25. The van der Waals surface area contributed by atoms with Gasteiger partial charge in [0.15, 0.2) is 0 Å². The number of hydrogen-bond acceptors (Lipinski definition) is 4. The molecule has 1 amide bonds. The lowest BCUT2D eigenvalue weighted by Gasteiger charge is -2.06. The summed E-state index contributed by atoms with van der Waals surface area (Å²) in [6, 6.07) is 9.76. The van der Waals surface area contributed by atoms with Crippen molar-refractivity contribution in [2.24, 2.45) is 0 Å². The largest absolute Gasteiger partial charge is 0.494 e. The average Bonchev–Trinajstić information content (AvgIpc) is 3.21. The Hall–Kier alpha value is -2.27. The summed E-state index contributed by atoms with van der Waals surface area (Å²) >= 11 is 1.70. The molecule has 3 rings (SSSR count). The zero-order chi connectivity index (χ0) is 17.6. The van der Waals surface area contributed by atoms with Gasteiger partial charge in [-0.2, -0.15) is 0 Å². The molecule has 1 aromatic carbocycles. The summed E-state index contributed by atoms with van der Waals surface area (Å²) in [7, 11) is 0. The van der Waals surface area contributed by atoms with Crippen LogP contribution in [0.2, 0.25) is 0 Å². The standard InChI is InChI=1S/C20H23NO3S/c1-3-4-11-23-15-7-8-18-17(13-15)19(14(2)24-18)20(22)21-10-9-16-6-5-12-25-16/h5-8,12-13H,3-4,9-11H2,1-2H3,(H,21,22). The average molecular weight is 357 g/mol. The third-order valence-electron chi connectivity index (χ3n) is 4.07. The molecule has 5 heteroatoms. The highest BCUT2D eigenvalue weighted by Crippen LogP contribution is 2.29.